The van der Waals surface area contributed by atoms with E-state index in [4.69, 9.17) is 5.73 Å². The van der Waals surface area contributed by atoms with Gasteiger partial charge >= 0.3 is 0 Å². The molecular formula is C17H14N4O. The topological polar surface area (TPSA) is 76.4 Å². The van der Waals surface area contributed by atoms with Crippen LogP contribution in [0.25, 0.3) is 16.7 Å². The molecule has 0 aliphatic carbocycles. The Balaban J connectivity index is 1.94. The summed E-state index contributed by atoms with van der Waals surface area (Å²) in [6, 6.07) is 17.1. The zero-order chi connectivity index (χ0) is 15.1. The number of benzene rings is 2. The lowest BCUT2D eigenvalue weighted by Gasteiger charge is -2.06. The minimum atomic E-state index is -0.792. The van der Waals surface area contributed by atoms with Crippen molar-refractivity contribution in [2.24, 2.45) is 0 Å². The molecule has 4 rings (SSSR count). The smallest absolute Gasteiger partial charge is 0.180 e. The molecule has 0 aliphatic rings. The summed E-state index contributed by atoms with van der Waals surface area (Å²) >= 11 is 0. The molecule has 0 saturated heterocycles. The fraction of sp³-hybridized carbons (Fsp3) is 0.0588. The van der Waals surface area contributed by atoms with E-state index in [9.17, 15) is 5.11 Å². The molecular weight excluding hydrogens is 276 g/mol. The Labute approximate surface area is 126 Å². The van der Waals surface area contributed by atoms with Crippen molar-refractivity contribution >= 4 is 22.5 Å². The van der Waals surface area contributed by atoms with Crippen LogP contribution in [0.3, 0.4) is 0 Å². The fourth-order valence-electron chi connectivity index (χ4n) is 2.64. The van der Waals surface area contributed by atoms with Crippen LogP contribution in [-0.2, 0) is 0 Å². The number of imidazole rings is 1. The molecule has 2 heterocycles. The highest BCUT2D eigenvalue weighted by Crippen LogP contribution is 2.25. The number of para-hydroxylation sites is 2. The first-order chi connectivity index (χ1) is 10.7. The predicted molar refractivity (Wildman–Crippen MR) is 85.4 cm³/mol. The SMILES string of the molecule is Nc1nc2ccccc2n2cc([C@@H](O)c3ccccc3)nc12. The minimum absolute atomic E-state index is 0.352. The lowest BCUT2D eigenvalue weighted by atomic mass is 10.1. The summed E-state index contributed by atoms with van der Waals surface area (Å²) in [6.45, 7) is 0. The van der Waals surface area contributed by atoms with E-state index in [1.54, 1.807) is 0 Å². The van der Waals surface area contributed by atoms with E-state index in [0.717, 1.165) is 16.6 Å². The molecule has 2 aromatic carbocycles. The highest BCUT2D eigenvalue weighted by Gasteiger charge is 2.16. The second-order valence-electron chi connectivity index (χ2n) is 5.16. The average molecular weight is 290 g/mol. The van der Waals surface area contributed by atoms with Crippen LogP contribution in [0.1, 0.15) is 17.4 Å². The van der Waals surface area contributed by atoms with Crippen LogP contribution in [0.2, 0.25) is 0 Å². The zero-order valence-electron chi connectivity index (χ0n) is 11.7. The second kappa shape index (κ2) is 4.82. The zero-order valence-corrected chi connectivity index (χ0v) is 11.7. The van der Waals surface area contributed by atoms with Crippen molar-refractivity contribution in [3.8, 4) is 0 Å². The first kappa shape index (κ1) is 12.8. The van der Waals surface area contributed by atoms with Crippen molar-refractivity contribution in [3.05, 3.63) is 72.1 Å². The third kappa shape index (κ3) is 1.91. The van der Waals surface area contributed by atoms with Gasteiger partial charge in [0.15, 0.2) is 11.5 Å². The summed E-state index contributed by atoms with van der Waals surface area (Å²) < 4.78 is 1.87. The van der Waals surface area contributed by atoms with Crippen LogP contribution in [-0.4, -0.2) is 19.5 Å². The first-order valence-electron chi connectivity index (χ1n) is 7.00. The van der Waals surface area contributed by atoms with E-state index < -0.39 is 6.10 Å². The molecule has 22 heavy (non-hydrogen) atoms. The van der Waals surface area contributed by atoms with Gasteiger partial charge in [0.2, 0.25) is 0 Å². The van der Waals surface area contributed by atoms with Crippen molar-refractivity contribution in [2.75, 3.05) is 5.73 Å². The van der Waals surface area contributed by atoms with Gasteiger partial charge in [0.05, 0.1) is 16.7 Å². The van der Waals surface area contributed by atoms with Crippen molar-refractivity contribution in [3.63, 3.8) is 0 Å². The minimum Gasteiger partial charge on any atom is -0.382 e. The molecule has 0 amide bonds. The second-order valence-corrected chi connectivity index (χ2v) is 5.16. The van der Waals surface area contributed by atoms with Gasteiger partial charge in [-0.1, -0.05) is 42.5 Å². The lowest BCUT2D eigenvalue weighted by molar-refractivity contribution is 0.216. The number of hydrogen-bond donors (Lipinski definition) is 2. The monoisotopic (exact) mass is 290 g/mol. The Bertz CT molecular complexity index is 962. The molecule has 5 nitrogen and oxygen atoms in total. The van der Waals surface area contributed by atoms with Crippen LogP contribution >= 0.6 is 0 Å². The summed E-state index contributed by atoms with van der Waals surface area (Å²) in [5, 5.41) is 10.5. The van der Waals surface area contributed by atoms with Gasteiger partial charge in [0.1, 0.15) is 6.10 Å². The Morgan fingerprint density at radius 1 is 0.955 bits per heavy atom. The molecule has 0 saturated carbocycles. The Morgan fingerprint density at radius 3 is 2.50 bits per heavy atom. The van der Waals surface area contributed by atoms with Gasteiger partial charge in [-0.2, -0.15) is 0 Å². The van der Waals surface area contributed by atoms with E-state index in [1.165, 1.54) is 0 Å². The molecule has 0 radical (unpaired) electrons. The van der Waals surface area contributed by atoms with Crippen LogP contribution in [0.5, 0.6) is 0 Å². The van der Waals surface area contributed by atoms with E-state index in [0.29, 0.717) is 17.2 Å². The molecule has 108 valence electrons. The predicted octanol–water partition coefficient (Wildman–Crippen LogP) is 2.55. The number of aromatic nitrogens is 3. The van der Waals surface area contributed by atoms with Crippen molar-refractivity contribution in [2.45, 2.75) is 6.10 Å². The van der Waals surface area contributed by atoms with Gasteiger partial charge in [-0.15, -0.1) is 0 Å². The van der Waals surface area contributed by atoms with Gasteiger partial charge in [-0.05, 0) is 17.7 Å². The maximum atomic E-state index is 10.5. The molecule has 0 bridgehead atoms. The molecule has 4 aromatic rings. The maximum absolute atomic E-state index is 10.5. The van der Waals surface area contributed by atoms with Gasteiger partial charge in [0.25, 0.3) is 0 Å². The van der Waals surface area contributed by atoms with Crippen LogP contribution < -0.4 is 5.73 Å². The van der Waals surface area contributed by atoms with Crippen LogP contribution in [0, 0.1) is 0 Å². The summed E-state index contributed by atoms with van der Waals surface area (Å²) in [6.07, 6.45) is 1.02. The third-order valence-corrected chi connectivity index (χ3v) is 3.73. The standard InChI is InChI=1S/C17H14N4O/c18-16-17-20-13(15(22)11-6-2-1-3-7-11)10-21(17)14-9-5-4-8-12(14)19-16/h1-10,15,22H,(H2,18,19)/t15-/m0/s1. The van der Waals surface area contributed by atoms with E-state index in [2.05, 4.69) is 9.97 Å². The number of fused-ring (bicyclic) bond motifs is 3. The summed E-state index contributed by atoms with van der Waals surface area (Å²) in [5.41, 5.74) is 9.61. The number of hydrogen-bond acceptors (Lipinski definition) is 4. The largest absolute Gasteiger partial charge is 0.382 e. The summed E-state index contributed by atoms with van der Waals surface area (Å²) in [5.74, 6) is 0.352. The molecule has 5 heteroatoms. The normalized spacial score (nSPS) is 12.8. The van der Waals surface area contributed by atoms with Crippen LogP contribution in [0.15, 0.2) is 60.8 Å². The van der Waals surface area contributed by atoms with Crippen molar-refractivity contribution in [1.82, 2.24) is 14.4 Å². The molecule has 2 aromatic heterocycles. The molecule has 0 spiro atoms. The number of nitrogen functional groups attached to an aromatic ring is 1. The number of rotatable bonds is 2. The van der Waals surface area contributed by atoms with E-state index in [1.807, 2.05) is 65.2 Å². The van der Waals surface area contributed by atoms with E-state index in [-0.39, 0.29) is 0 Å². The highest BCUT2D eigenvalue weighted by atomic mass is 16.3. The quantitative estimate of drug-likeness (QED) is 0.595. The number of anilines is 1. The summed E-state index contributed by atoms with van der Waals surface area (Å²) in [7, 11) is 0. The van der Waals surface area contributed by atoms with Crippen molar-refractivity contribution < 1.29 is 5.11 Å². The third-order valence-electron chi connectivity index (χ3n) is 3.73. The Kier molecular flexibility index (Phi) is 2.80. The maximum Gasteiger partial charge on any atom is 0.180 e. The van der Waals surface area contributed by atoms with Gasteiger partial charge in [-0.25, -0.2) is 9.97 Å². The lowest BCUT2D eigenvalue weighted by Crippen LogP contribution is -1.99. The Hall–Kier alpha value is -2.92. The van der Waals surface area contributed by atoms with Crippen LogP contribution in [0.4, 0.5) is 5.82 Å². The number of nitrogens with zero attached hydrogens (tertiary/aromatic N) is 3. The Morgan fingerprint density at radius 2 is 1.68 bits per heavy atom. The van der Waals surface area contributed by atoms with E-state index >= 15 is 0 Å². The number of nitrogens with two attached hydrogens (primary N) is 1. The summed E-state index contributed by atoms with van der Waals surface area (Å²) in [4.78, 5) is 8.83. The van der Waals surface area contributed by atoms with Gasteiger partial charge in [-0.3, -0.25) is 4.40 Å². The van der Waals surface area contributed by atoms with Gasteiger partial charge < -0.3 is 10.8 Å². The molecule has 0 aliphatic heterocycles. The molecule has 1 atom stereocenters. The first-order valence-corrected chi connectivity index (χ1v) is 7.00. The van der Waals surface area contributed by atoms with Crippen molar-refractivity contribution in [1.29, 1.82) is 0 Å². The average Bonchev–Trinajstić information content (AvgIpc) is 3.01. The number of aliphatic hydroxyl groups excluding tert-OH is 1. The molecule has 3 N–H and O–H groups in total. The fourth-order valence-corrected chi connectivity index (χ4v) is 2.64. The molecule has 0 fully saturated rings. The number of aliphatic hydroxyl groups is 1. The van der Waals surface area contributed by atoms with Gasteiger partial charge in [0, 0.05) is 6.20 Å². The highest BCUT2D eigenvalue weighted by molar-refractivity contribution is 5.82. The molecule has 0 unspecified atom stereocenters.